The molecule has 0 unspecified atom stereocenters. The van der Waals surface area contributed by atoms with Crippen molar-refractivity contribution in [3.63, 3.8) is 0 Å². The van der Waals surface area contributed by atoms with Crippen LogP contribution in [0.1, 0.15) is 38.3 Å². The Balaban J connectivity index is 1.44. The maximum atomic E-state index is 12.6. The van der Waals surface area contributed by atoms with E-state index in [2.05, 4.69) is 25.8 Å². The third kappa shape index (κ3) is 5.12. The summed E-state index contributed by atoms with van der Waals surface area (Å²) in [5.74, 6) is 0.852. The molecule has 1 aliphatic rings. The number of hydrogen-bond donors (Lipinski definition) is 4. The maximum absolute atomic E-state index is 12.6. The van der Waals surface area contributed by atoms with Gasteiger partial charge < -0.3 is 19.9 Å². The molecule has 9 nitrogen and oxygen atoms in total. The lowest BCUT2D eigenvalue weighted by atomic mass is 9.92. The quantitative estimate of drug-likeness (QED) is 0.481. The van der Waals surface area contributed by atoms with Gasteiger partial charge in [-0.3, -0.25) is 10.4 Å². The molecule has 4 N–H and O–H groups in total. The fourth-order valence-electron chi connectivity index (χ4n) is 3.60. The van der Waals surface area contributed by atoms with Gasteiger partial charge in [0.05, 0.1) is 35.8 Å². The van der Waals surface area contributed by atoms with Crippen molar-refractivity contribution in [3.8, 4) is 5.88 Å². The lowest BCUT2D eigenvalue weighted by molar-refractivity contribution is 0.0243. The van der Waals surface area contributed by atoms with Gasteiger partial charge in [0.2, 0.25) is 5.88 Å². The van der Waals surface area contributed by atoms with Crippen molar-refractivity contribution in [1.29, 1.82) is 0 Å². The Labute approximate surface area is 180 Å². The Morgan fingerprint density at radius 2 is 2.03 bits per heavy atom. The number of H-pyrrole nitrogens is 1. The smallest absolute Gasteiger partial charge is 0.320 e. The lowest BCUT2D eigenvalue weighted by Crippen LogP contribution is -2.43. The number of nitrogens with zero attached hydrogens (tertiary/aromatic N) is 2. The predicted molar refractivity (Wildman–Crippen MR) is 116 cm³/mol. The van der Waals surface area contributed by atoms with Crippen LogP contribution in [0.2, 0.25) is 0 Å². The van der Waals surface area contributed by atoms with E-state index >= 15 is 0 Å². The summed E-state index contributed by atoms with van der Waals surface area (Å²) in [6.07, 6.45) is 3.34. The minimum absolute atomic E-state index is 0.0700. The van der Waals surface area contributed by atoms with E-state index in [0.29, 0.717) is 30.4 Å². The standard InChI is InChI=1S/C22H27N5O4/c1-22(2,29)19(14-6-4-3-5-7-14)25-21(28)24-18-12-17-16(13-23-18)20(27-26-17)31-15-8-10-30-11-9-15/h3-7,12-13,15,19,29H,8-11H2,1-2H3,(H,26,27)(H2,23,24,25,28)/t19-/m0/s1. The van der Waals surface area contributed by atoms with Crippen LogP contribution in [0.3, 0.4) is 0 Å². The van der Waals surface area contributed by atoms with E-state index < -0.39 is 17.7 Å². The molecule has 4 rings (SSSR count). The van der Waals surface area contributed by atoms with E-state index in [0.717, 1.165) is 23.8 Å². The van der Waals surface area contributed by atoms with Crippen LogP contribution < -0.4 is 15.4 Å². The summed E-state index contributed by atoms with van der Waals surface area (Å²) in [6, 6.07) is 9.96. The molecule has 2 aromatic heterocycles. The van der Waals surface area contributed by atoms with Crippen LogP contribution in [0.25, 0.3) is 10.9 Å². The van der Waals surface area contributed by atoms with Crippen molar-refractivity contribution in [1.82, 2.24) is 20.5 Å². The molecular formula is C22H27N5O4. The van der Waals surface area contributed by atoms with E-state index in [-0.39, 0.29) is 6.10 Å². The first kappa shape index (κ1) is 21.1. The first-order valence-electron chi connectivity index (χ1n) is 10.3. The number of aromatic nitrogens is 3. The van der Waals surface area contributed by atoms with Crippen molar-refractivity contribution < 1.29 is 19.4 Å². The van der Waals surface area contributed by atoms with Crippen molar-refractivity contribution >= 4 is 22.8 Å². The maximum Gasteiger partial charge on any atom is 0.320 e. The number of amides is 2. The highest BCUT2D eigenvalue weighted by Gasteiger charge is 2.30. The van der Waals surface area contributed by atoms with Gasteiger partial charge >= 0.3 is 6.03 Å². The number of carbonyl (C=O) groups is 1. The number of carbonyl (C=O) groups excluding carboxylic acids is 1. The minimum Gasteiger partial charge on any atom is -0.473 e. The van der Waals surface area contributed by atoms with Crippen molar-refractivity contribution in [2.45, 2.75) is 44.4 Å². The summed E-state index contributed by atoms with van der Waals surface area (Å²) < 4.78 is 11.3. The van der Waals surface area contributed by atoms with Crippen molar-refractivity contribution in [3.05, 3.63) is 48.2 Å². The third-order valence-electron chi connectivity index (χ3n) is 5.22. The van der Waals surface area contributed by atoms with Crippen LogP contribution in [-0.4, -0.2) is 51.2 Å². The van der Waals surface area contributed by atoms with Gasteiger partial charge in [-0.15, -0.1) is 5.10 Å². The molecule has 0 saturated carbocycles. The monoisotopic (exact) mass is 425 g/mol. The Morgan fingerprint density at radius 1 is 1.29 bits per heavy atom. The molecule has 1 fully saturated rings. The zero-order valence-electron chi connectivity index (χ0n) is 17.6. The minimum atomic E-state index is -1.16. The second-order valence-electron chi connectivity index (χ2n) is 8.17. The molecular weight excluding hydrogens is 398 g/mol. The molecule has 3 heterocycles. The average Bonchev–Trinajstić information content (AvgIpc) is 3.14. The zero-order valence-corrected chi connectivity index (χ0v) is 17.6. The molecule has 1 aliphatic heterocycles. The number of benzene rings is 1. The second-order valence-corrected chi connectivity index (χ2v) is 8.17. The van der Waals surface area contributed by atoms with Crippen LogP contribution in [0.4, 0.5) is 10.6 Å². The summed E-state index contributed by atoms with van der Waals surface area (Å²) in [6.45, 7) is 4.67. The Hall–Kier alpha value is -3.17. The van der Waals surface area contributed by atoms with Gasteiger partial charge in [-0.2, -0.15) is 0 Å². The van der Waals surface area contributed by atoms with Crippen LogP contribution in [-0.2, 0) is 4.74 Å². The van der Waals surface area contributed by atoms with Gasteiger partial charge in [0.15, 0.2) is 0 Å². The van der Waals surface area contributed by atoms with Gasteiger partial charge in [0.1, 0.15) is 11.9 Å². The molecule has 31 heavy (non-hydrogen) atoms. The van der Waals surface area contributed by atoms with Gasteiger partial charge in [-0.25, -0.2) is 9.78 Å². The predicted octanol–water partition coefficient (Wildman–Crippen LogP) is 3.15. The molecule has 2 amide bonds. The van der Waals surface area contributed by atoms with Gasteiger partial charge in [0, 0.05) is 25.1 Å². The van der Waals surface area contributed by atoms with E-state index in [9.17, 15) is 9.90 Å². The first-order valence-corrected chi connectivity index (χ1v) is 10.3. The summed E-state index contributed by atoms with van der Waals surface area (Å²) in [4.78, 5) is 16.9. The SMILES string of the molecule is CC(C)(O)[C@@H](NC(=O)Nc1cc2[nH]nc(OC3CCOCC3)c2cn1)c1ccccc1. The number of rotatable bonds is 6. The van der Waals surface area contributed by atoms with E-state index in [1.165, 1.54) is 0 Å². The number of urea groups is 1. The third-order valence-corrected chi connectivity index (χ3v) is 5.22. The van der Waals surface area contributed by atoms with Gasteiger partial charge in [-0.05, 0) is 19.4 Å². The number of ether oxygens (including phenoxy) is 2. The molecule has 1 saturated heterocycles. The van der Waals surface area contributed by atoms with Crippen molar-refractivity contribution in [2.75, 3.05) is 18.5 Å². The Kier molecular flexibility index (Phi) is 6.06. The first-order chi connectivity index (χ1) is 14.9. The number of fused-ring (bicyclic) bond motifs is 1. The number of anilines is 1. The topological polar surface area (TPSA) is 121 Å². The highest BCUT2D eigenvalue weighted by molar-refractivity contribution is 5.92. The second kappa shape index (κ2) is 8.91. The molecule has 0 aliphatic carbocycles. The summed E-state index contributed by atoms with van der Waals surface area (Å²) >= 11 is 0. The molecule has 164 valence electrons. The van der Waals surface area contributed by atoms with Gasteiger partial charge in [-0.1, -0.05) is 30.3 Å². The molecule has 1 atom stereocenters. The van der Waals surface area contributed by atoms with Crippen LogP contribution in [0.5, 0.6) is 5.88 Å². The van der Waals surface area contributed by atoms with E-state index in [4.69, 9.17) is 9.47 Å². The number of aromatic amines is 1. The Morgan fingerprint density at radius 3 is 2.74 bits per heavy atom. The normalized spacial score (nSPS) is 16.1. The molecule has 3 aromatic rings. The molecule has 0 radical (unpaired) electrons. The van der Waals surface area contributed by atoms with E-state index in [1.807, 2.05) is 30.3 Å². The summed E-state index contributed by atoms with van der Waals surface area (Å²) in [5.41, 5.74) is 0.349. The average molecular weight is 425 g/mol. The van der Waals surface area contributed by atoms with Gasteiger partial charge in [0.25, 0.3) is 0 Å². The number of nitrogens with one attached hydrogen (secondary N) is 3. The van der Waals surface area contributed by atoms with Crippen LogP contribution >= 0.6 is 0 Å². The number of aliphatic hydroxyl groups is 1. The summed E-state index contributed by atoms with van der Waals surface area (Å²) in [7, 11) is 0. The fourth-order valence-corrected chi connectivity index (χ4v) is 3.60. The Bertz CT molecular complexity index is 1030. The molecule has 9 heteroatoms. The molecule has 1 aromatic carbocycles. The zero-order chi connectivity index (χ0) is 21.8. The summed E-state index contributed by atoms with van der Waals surface area (Å²) in [5, 5.41) is 24.0. The highest BCUT2D eigenvalue weighted by Crippen LogP contribution is 2.27. The molecule has 0 spiro atoms. The number of pyridine rings is 1. The van der Waals surface area contributed by atoms with Crippen LogP contribution in [0, 0.1) is 0 Å². The highest BCUT2D eigenvalue weighted by atomic mass is 16.5. The number of hydrogen-bond acceptors (Lipinski definition) is 6. The lowest BCUT2D eigenvalue weighted by Gasteiger charge is -2.30. The molecule has 0 bridgehead atoms. The fraction of sp³-hybridized carbons (Fsp3) is 0.409. The van der Waals surface area contributed by atoms with Crippen LogP contribution in [0.15, 0.2) is 42.6 Å². The van der Waals surface area contributed by atoms with Crippen molar-refractivity contribution in [2.24, 2.45) is 0 Å². The largest absolute Gasteiger partial charge is 0.473 e. The van der Waals surface area contributed by atoms with E-state index in [1.54, 1.807) is 26.1 Å².